The third kappa shape index (κ3) is 3.48. The van der Waals surface area contributed by atoms with Gasteiger partial charge in [-0.05, 0) is 45.6 Å². The van der Waals surface area contributed by atoms with Crippen LogP contribution in [0, 0.1) is 5.92 Å². The van der Waals surface area contributed by atoms with Gasteiger partial charge in [-0.3, -0.25) is 4.90 Å². The van der Waals surface area contributed by atoms with Crippen molar-refractivity contribution in [2.75, 3.05) is 13.6 Å². The number of likely N-dealkylation sites (N-methyl/N-ethyl adjacent to an activating group) is 1. The highest BCUT2D eigenvalue weighted by molar-refractivity contribution is 4.90. The van der Waals surface area contributed by atoms with Gasteiger partial charge in [0.1, 0.15) is 0 Å². The summed E-state index contributed by atoms with van der Waals surface area (Å²) in [4.78, 5) is 2.83. The number of likely N-dealkylation sites (tertiary alicyclic amines) is 1. The molecule has 1 aliphatic carbocycles. The maximum absolute atomic E-state index is 3.61. The second-order valence-corrected chi connectivity index (χ2v) is 6.68. The van der Waals surface area contributed by atoms with Crippen molar-refractivity contribution in [3.63, 3.8) is 0 Å². The lowest BCUT2D eigenvalue weighted by Gasteiger charge is -2.45. The third-order valence-corrected chi connectivity index (χ3v) is 5.19. The summed E-state index contributed by atoms with van der Waals surface area (Å²) in [6.07, 6.45) is 11.3. The topological polar surface area (TPSA) is 15.3 Å². The van der Waals surface area contributed by atoms with Gasteiger partial charge >= 0.3 is 0 Å². The molecule has 1 saturated heterocycles. The molecule has 1 aliphatic heterocycles. The highest BCUT2D eigenvalue weighted by atomic mass is 15.2. The van der Waals surface area contributed by atoms with Crippen molar-refractivity contribution in [3.05, 3.63) is 0 Å². The van der Waals surface area contributed by atoms with Crippen molar-refractivity contribution in [1.82, 2.24) is 10.2 Å². The normalized spacial score (nSPS) is 40.2. The van der Waals surface area contributed by atoms with E-state index in [9.17, 15) is 0 Å². The van der Waals surface area contributed by atoms with Crippen LogP contribution in [0.3, 0.4) is 0 Å². The average Bonchev–Trinajstić information content (AvgIpc) is 2.33. The van der Waals surface area contributed by atoms with Crippen molar-refractivity contribution in [2.24, 2.45) is 5.92 Å². The average molecular weight is 252 g/mol. The van der Waals surface area contributed by atoms with Gasteiger partial charge in [-0.2, -0.15) is 0 Å². The van der Waals surface area contributed by atoms with Gasteiger partial charge < -0.3 is 5.32 Å². The molecule has 1 heterocycles. The zero-order chi connectivity index (χ0) is 13.0. The van der Waals surface area contributed by atoms with Crippen LogP contribution in [0.4, 0.5) is 0 Å². The zero-order valence-electron chi connectivity index (χ0n) is 12.6. The number of hydrogen-bond acceptors (Lipinski definition) is 2. The maximum atomic E-state index is 3.61. The molecule has 0 radical (unpaired) electrons. The Bertz CT molecular complexity index is 241. The molecule has 1 saturated carbocycles. The Labute approximate surface area is 114 Å². The second-order valence-electron chi connectivity index (χ2n) is 6.68. The van der Waals surface area contributed by atoms with Gasteiger partial charge in [0.25, 0.3) is 0 Å². The van der Waals surface area contributed by atoms with Crippen molar-refractivity contribution < 1.29 is 0 Å². The highest BCUT2D eigenvalue weighted by Gasteiger charge is 2.33. The summed E-state index contributed by atoms with van der Waals surface area (Å²) in [5, 5.41) is 3.61. The third-order valence-electron chi connectivity index (χ3n) is 5.19. The minimum Gasteiger partial charge on any atom is -0.315 e. The number of hydrogen-bond donors (Lipinski definition) is 1. The van der Waals surface area contributed by atoms with E-state index in [1.54, 1.807) is 0 Å². The zero-order valence-corrected chi connectivity index (χ0v) is 12.6. The van der Waals surface area contributed by atoms with E-state index < -0.39 is 0 Å². The van der Waals surface area contributed by atoms with Crippen LogP contribution in [0.25, 0.3) is 0 Å². The predicted octanol–water partition coefficient (Wildman–Crippen LogP) is 3.42. The van der Waals surface area contributed by atoms with E-state index in [1.165, 1.54) is 57.9 Å². The predicted molar refractivity (Wildman–Crippen MR) is 78.9 cm³/mol. The molecule has 4 unspecified atom stereocenters. The molecule has 1 N–H and O–H groups in total. The van der Waals surface area contributed by atoms with Gasteiger partial charge in [-0.15, -0.1) is 0 Å². The van der Waals surface area contributed by atoms with E-state index in [0.29, 0.717) is 0 Å². The summed E-state index contributed by atoms with van der Waals surface area (Å²) in [6.45, 7) is 6.19. The lowest BCUT2D eigenvalue weighted by atomic mass is 9.86. The Morgan fingerprint density at radius 1 is 0.889 bits per heavy atom. The Balaban J connectivity index is 2.04. The van der Waals surface area contributed by atoms with E-state index in [2.05, 4.69) is 31.1 Å². The minimum absolute atomic E-state index is 0.720. The van der Waals surface area contributed by atoms with Gasteiger partial charge in [0.05, 0.1) is 0 Å². The number of nitrogens with one attached hydrogen (secondary N) is 1. The van der Waals surface area contributed by atoms with Crippen LogP contribution < -0.4 is 5.32 Å². The molecular formula is C16H32N2. The molecule has 0 aromatic carbocycles. The molecule has 2 aliphatic rings. The summed E-state index contributed by atoms with van der Waals surface area (Å²) in [5.41, 5.74) is 0. The van der Waals surface area contributed by atoms with Crippen LogP contribution in [-0.2, 0) is 0 Å². The van der Waals surface area contributed by atoms with Crippen LogP contribution in [0.2, 0.25) is 0 Å². The second kappa shape index (κ2) is 6.91. The molecule has 0 aromatic rings. The van der Waals surface area contributed by atoms with Crippen LogP contribution in [-0.4, -0.2) is 36.6 Å². The Morgan fingerprint density at radius 3 is 2.33 bits per heavy atom. The fraction of sp³-hybridized carbons (Fsp3) is 1.00. The molecule has 18 heavy (non-hydrogen) atoms. The van der Waals surface area contributed by atoms with Crippen LogP contribution >= 0.6 is 0 Å². The number of rotatable bonds is 2. The molecular weight excluding hydrogens is 220 g/mol. The fourth-order valence-corrected chi connectivity index (χ4v) is 3.98. The van der Waals surface area contributed by atoms with E-state index in [-0.39, 0.29) is 0 Å². The standard InChI is InChI=1S/C16H32N2/c1-13-10-11-14(2)18(12-13)16-9-7-5-4-6-8-15(16)17-3/h13-17H,4-12H2,1-3H3. The first-order valence-electron chi connectivity index (χ1n) is 8.15. The quantitative estimate of drug-likeness (QED) is 0.810. The SMILES string of the molecule is CNC1CCCCCCC1N1CC(C)CCC1C. The van der Waals surface area contributed by atoms with E-state index in [1.807, 2.05) is 0 Å². The molecule has 106 valence electrons. The first-order valence-corrected chi connectivity index (χ1v) is 8.15. The first-order chi connectivity index (χ1) is 8.72. The maximum Gasteiger partial charge on any atom is 0.0252 e. The summed E-state index contributed by atoms with van der Waals surface area (Å²) >= 11 is 0. The number of nitrogens with zero attached hydrogens (tertiary/aromatic N) is 1. The van der Waals surface area contributed by atoms with Crippen molar-refractivity contribution in [1.29, 1.82) is 0 Å². The molecule has 0 bridgehead atoms. The monoisotopic (exact) mass is 252 g/mol. The van der Waals surface area contributed by atoms with E-state index in [0.717, 1.165) is 24.0 Å². The molecule has 0 amide bonds. The molecule has 2 fully saturated rings. The summed E-state index contributed by atoms with van der Waals surface area (Å²) in [6, 6.07) is 2.30. The van der Waals surface area contributed by atoms with Gasteiger partial charge in [0, 0.05) is 24.7 Å². The first kappa shape index (κ1) is 14.3. The summed E-state index contributed by atoms with van der Waals surface area (Å²) in [5.74, 6) is 0.893. The highest BCUT2D eigenvalue weighted by Crippen LogP contribution is 2.29. The summed E-state index contributed by atoms with van der Waals surface area (Å²) in [7, 11) is 2.16. The molecule has 2 nitrogen and oxygen atoms in total. The van der Waals surface area contributed by atoms with Crippen LogP contribution in [0.1, 0.15) is 65.2 Å². The summed E-state index contributed by atoms with van der Waals surface area (Å²) < 4.78 is 0. The van der Waals surface area contributed by atoms with Gasteiger partial charge in [0.15, 0.2) is 0 Å². The van der Waals surface area contributed by atoms with Gasteiger partial charge in [-0.1, -0.05) is 32.6 Å². The van der Waals surface area contributed by atoms with E-state index in [4.69, 9.17) is 0 Å². The fourth-order valence-electron chi connectivity index (χ4n) is 3.98. The smallest absolute Gasteiger partial charge is 0.0252 e. The Kier molecular flexibility index (Phi) is 5.50. The Morgan fingerprint density at radius 2 is 1.61 bits per heavy atom. The molecule has 4 atom stereocenters. The molecule has 2 rings (SSSR count). The van der Waals surface area contributed by atoms with E-state index >= 15 is 0 Å². The van der Waals surface area contributed by atoms with Crippen LogP contribution in [0.5, 0.6) is 0 Å². The molecule has 2 heteroatoms. The van der Waals surface area contributed by atoms with Gasteiger partial charge in [-0.25, -0.2) is 0 Å². The lowest BCUT2D eigenvalue weighted by Crippen LogP contribution is -2.55. The lowest BCUT2D eigenvalue weighted by molar-refractivity contribution is 0.0477. The van der Waals surface area contributed by atoms with Crippen molar-refractivity contribution >= 4 is 0 Å². The largest absolute Gasteiger partial charge is 0.315 e. The molecule has 0 spiro atoms. The van der Waals surface area contributed by atoms with Crippen molar-refractivity contribution in [3.8, 4) is 0 Å². The van der Waals surface area contributed by atoms with Gasteiger partial charge in [0.2, 0.25) is 0 Å². The number of piperidine rings is 1. The Hall–Kier alpha value is -0.0800. The van der Waals surface area contributed by atoms with Crippen LogP contribution in [0.15, 0.2) is 0 Å². The minimum atomic E-state index is 0.720. The molecule has 0 aromatic heterocycles. The van der Waals surface area contributed by atoms with Crippen molar-refractivity contribution in [2.45, 2.75) is 83.3 Å².